The first-order valence-electron chi connectivity index (χ1n) is 11.9. The highest BCUT2D eigenvalue weighted by Crippen LogP contribution is 2.19. The number of aliphatic carboxylic acids is 3. The Labute approximate surface area is 221 Å². The minimum atomic E-state index is -1.85. The fourth-order valence-electron chi connectivity index (χ4n) is 3.74. The number of carbonyl (C=O) groups excluding carboxylic acids is 3. The predicted molar refractivity (Wildman–Crippen MR) is 134 cm³/mol. The minimum Gasteiger partial charge on any atom is -0.481 e. The fourth-order valence-corrected chi connectivity index (χ4v) is 3.74. The van der Waals surface area contributed by atoms with Crippen LogP contribution in [0.25, 0.3) is 10.9 Å². The van der Waals surface area contributed by atoms with E-state index in [9.17, 15) is 33.9 Å². The van der Waals surface area contributed by atoms with Crippen LogP contribution in [0.15, 0.2) is 30.5 Å². The number of H-pyrrole nitrogens is 1. The van der Waals surface area contributed by atoms with Gasteiger partial charge in [0, 0.05) is 23.5 Å². The molecule has 5 atom stereocenters. The molecule has 10 N–H and O–H groups in total. The standard InChI is InChI=1S/C24H31N5O10/c1-11(30)20(23(37)28-17(24(38)39)9-19(33)34)29-22(36)16(6-7-18(31)32)27-21(35)14(25)8-12-10-26-15-5-3-2-4-13(12)15/h2-5,10-11,14,16-17,20,26,30H,6-9,25H2,1H3,(H,27,35)(H,28,37)(H,29,36)(H,31,32)(H,33,34)(H,38,39). The average molecular weight is 550 g/mol. The van der Waals surface area contributed by atoms with Crippen molar-refractivity contribution in [2.75, 3.05) is 0 Å². The molecule has 5 unspecified atom stereocenters. The normalized spacial score (nSPS) is 14.8. The molecule has 3 amide bonds. The summed E-state index contributed by atoms with van der Waals surface area (Å²) in [5, 5.41) is 44.4. The van der Waals surface area contributed by atoms with E-state index in [0.717, 1.165) is 23.4 Å². The van der Waals surface area contributed by atoms with Gasteiger partial charge in [-0.05, 0) is 31.4 Å². The number of nitrogens with one attached hydrogen (secondary N) is 4. The Bertz CT molecular complexity index is 1230. The van der Waals surface area contributed by atoms with Gasteiger partial charge in [0.15, 0.2) is 0 Å². The highest BCUT2D eigenvalue weighted by atomic mass is 16.4. The van der Waals surface area contributed by atoms with E-state index in [-0.39, 0.29) is 6.42 Å². The summed E-state index contributed by atoms with van der Waals surface area (Å²) < 4.78 is 0. The van der Waals surface area contributed by atoms with Crippen LogP contribution >= 0.6 is 0 Å². The van der Waals surface area contributed by atoms with Crippen LogP contribution < -0.4 is 21.7 Å². The zero-order valence-electron chi connectivity index (χ0n) is 20.9. The molecule has 0 aliphatic rings. The number of carboxylic acid groups (broad SMARTS) is 3. The Balaban J connectivity index is 2.14. The fraction of sp³-hybridized carbons (Fsp3) is 0.417. The summed E-state index contributed by atoms with van der Waals surface area (Å²) in [4.78, 5) is 74.7. The number of rotatable bonds is 15. The zero-order valence-corrected chi connectivity index (χ0v) is 20.9. The maximum Gasteiger partial charge on any atom is 0.326 e. The van der Waals surface area contributed by atoms with E-state index in [1.54, 1.807) is 6.20 Å². The van der Waals surface area contributed by atoms with E-state index in [4.69, 9.17) is 21.1 Å². The van der Waals surface area contributed by atoms with E-state index in [1.165, 1.54) is 0 Å². The van der Waals surface area contributed by atoms with Crippen LogP contribution in [0.3, 0.4) is 0 Å². The van der Waals surface area contributed by atoms with Crippen molar-refractivity contribution in [3.63, 3.8) is 0 Å². The number of aromatic amines is 1. The number of carbonyl (C=O) groups is 6. The molecular weight excluding hydrogens is 518 g/mol. The predicted octanol–water partition coefficient (Wildman–Crippen LogP) is -1.70. The average Bonchev–Trinajstić information content (AvgIpc) is 3.26. The van der Waals surface area contributed by atoms with Crippen molar-refractivity contribution in [1.82, 2.24) is 20.9 Å². The zero-order chi connectivity index (χ0) is 29.3. The lowest BCUT2D eigenvalue weighted by molar-refractivity contribution is -0.148. The van der Waals surface area contributed by atoms with Gasteiger partial charge < -0.3 is 47.1 Å². The first-order valence-corrected chi connectivity index (χ1v) is 11.9. The van der Waals surface area contributed by atoms with E-state index in [1.807, 2.05) is 29.6 Å². The largest absolute Gasteiger partial charge is 0.481 e. The molecule has 15 heteroatoms. The van der Waals surface area contributed by atoms with Crippen molar-refractivity contribution in [2.24, 2.45) is 5.73 Å². The molecule has 0 aliphatic heterocycles. The van der Waals surface area contributed by atoms with Crippen molar-refractivity contribution >= 4 is 46.5 Å². The Morgan fingerprint density at radius 3 is 2.13 bits per heavy atom. The summed E-state index contributed by atoms with van der Waals surface area (Å²) in [7, 11) is 0. The number of fused-ring (bicyclic) bond motifs is 1. The van der Waals surface area contributed by atoms with Crippen molar-refractivity contribution < 1.29 is 49.2 Å². The molecule has 2 aromatic rings. The highest BCUT2D eigenvalue weighted by Gasteiger charge is 2.33. The smallest absolute Gasteiger partial charge is 0.326 e. The number of nitrogens with two attached hydrogens (primary N) is 1. The second-order valence-electron chi connectivity index (χ2n) is 8.89. The molecule has 0 spiro atoms. The molecule has 1 heterocycles. The van der Waals surface area contributed by atoms with Crippen LogP contribution in [0, 0.1) is 0 Å². The van der Waals surface area contributed by atoms with Crippen molar-refractivity contribution in [3.8, 4) is 0 Å². The van der Waals surface area contributed by atoms with Crippen LogP contribution in [-0.4, -0.2) is 91.3 Å². The van der Waals surface area contributed by atoms with Crippen LogP contribution in [0.2, 0.25) is 0 Å². The quantitative estimate of drug-likeness (QED) is 0.121. The van der Waals surface area contributed by atoms with Gasteiger partial charge in [0.1, 0.15) is 18.1 Å². The number of amides is 3. The van der Waals surface area contributed by atoms with Crippen molar-refractivity contribution in [2.45, 2.75) is 62.9 Å². The van der Waals surface area contributed by atoms with Gasteiger partial charge in [0.05, 0.1) is 18.6 Å². The molecule has 0 saturated heterocycles. The van der Waals surface area contributed by atoms with E-state index < -0.39 is 85.2 Å². The summed E-state index contributed by atoms with van der Waals surface area (Å²) in [5.74, 6) is -7.47. The first kappa shape index (κ1) is 30.7. The van der Waals surface area contributed by atoms with Crippen molar-refractivity contribution in [1.29, 1.82) is 0 Å². The molecule has 1 aromatic heterocycles. The lowest BCUT2D eigenvalue weighted by Crippen LogP contribution is -2.60. The summed E-state index contributed by atoms with van der Waals surface area (Å²) in [6.07, 6.45) is -1.70. The Morgan fingerprint density at radius 1 is 0.897 bits per heavy atom. The topological polar surface area (TPSA) is 261 Å². The van der Waals surface area contributed by atoms with E-state index >= 15 is 0 Å². The van der Waals surface area contributed by atoms with Crippen molar-refractivity contribution in [3.05, 3.63) is 36.0 Å². The summed E-state index contributed by atoms with van der Waals surface area (Å²) in [6.45, 7) is 1.11. The van der Waals surface area contributed by atoms with Gasteiger partial charge in [-0.15, -0.1) is 0 Å². The second kappa shape index (κ2) is 13.9. The number of para-hydroxylation sites is 1. The third kappa shape index (κ3) is 9.08. The van der Waals surface area contributed by atoms with Gasteiger partial charge in [-0.1, -0.05) is 18.2 Å². The highest BCUT2D eigenvalue weighted by molar-refractivity contribution is 5.95. The van der Waals surface area contributed by atoms with Crippen LogP contribution in [-0.2, 0) is 35.2 Å². The maximum absolute atomic E-state index is 13.0. The number of aliphatic hydroxyl groups excluding tert-OH is 1. The molecule has 2 rings (SSSR count). The molecule has 1 aromatic carbocycles. The number of aromatic nitrogens is 1. The molecule has 0 bridgehead atoms. The Morgan fingerprint density at radius 2 is 1.54 bits per heavy atom. The van der Waals surface area contributed by atoms with E-state index in [2.05, 4.69) is 15.6 Å². The van der Waals surface area contributed by atoms with Gasteiger partial charge >= 0.3 is 17.9 Å². The minimum absolute atomic E-state index is 0.0853. The number of carboxylic acids is 3. The summed E-state index contributed by atoms with van der Waals surface area (Å²) in [6, 6.07) is 1.10. The molecule has 39 heavy (non-hydrogen) atoms. The SMILES string of the molecule is CC(O)C(NC(=O)C(CCC(=O)O)NC(=O)C(N)Cc1c[nH]c2ccccc12)C(=O)NC(CC(=O)O)C(=O)O. The molecule has 0 radical (unpaired) electrons. The van der Waals surface area contributed by atoms with E-state index in [0.29, 0.717) is 0 Å². The molecule has 0 fully saturated rings. The van der Waals surface area contributed by atoms with Gasteiger partial charge in [-0.2, -0.15) is 0 Å². The van der Waals surface area contributed by atoms with Gasteiger partial charge in [0.2, 0.25) is 17.7 Å². The van der Waals surface area contributed by atoms with Crippen LogP contribution in [0.5, 0.6) is 0 Å². The summed E-state index contributed by atoms with van der Waals surface area (Å²) in [5.41, 5.74) is 7.61. The maximum atomic E-state index is 13.0. The number of hydrogen-bond acceptors (Lipinski definition) is 8. The van der Waals surface area contributed by atoms with Crippen LogP contribution in [0.1, 0.15) is 31.7 Å². The Hall–Kier alpha value is -4.50. The number of aliphatic hydroxyl groups is 1. The van der Waals surface area contributed by atoms with Gasteiger partial charge in [0.25, 0.3) is 0 Å². The molecule has 0 saturated carbocycles. The van der Waals surface area contributed by atoms with Gasteiger partial charge in [-0.3, -0.25) is 24.0 Å². The first-order chi connectivity index (χ1) is 18.3. The monoisotopic (exact) mass is 549 g/mol. The lowest BCUT2D eigenvalue weighted by Gasteiger charge is -2.26. The molecule has 212 valence electrons. The number of hydrogen-bond donors (Lipinski definition) is 9. The molecule has 0 aliphatic carbocycles. The van der Waals surface area contributed by atoms with Gasteiger partial charge in [-0.25, -0.2) is 4.79 Å². The molecular formula is C24H31N5O10. The lowest BCUT2D eigenvalue weighted by atomic mass is 10.0. The third-order valence-corrected chi connectivity index (χ3v) is 5.79. The van der Waals surface area contributed by atoms with Crippen LogP contribution in [0.4, 0.5) is 0 Å². The molecule has 15 nitrogen and oxygen atoms in total. The Kier molecular flexibility index (Phi) is 10.9. The summed E-state index contributed by atoms with van der Waals surface area (Å²) >= 11 is 0. The second-order valence-corrected chi connectivity index (χ2v) is 8.89. The third-order valence-electron chi connectivity index (χ3n) is 5.79. The number of benzene rings is 1.